The third-order valence-electron chi connectivity index (χ3n) is 4.84. The maximum Gasteiger partial charge on any atom is 0.191 e. The molecule has 7 nitrogen and oxygen atoms in total. The van der Waals surface area contributed by atoms with E-state index in [1.54, 1.807) is 11.0 Å². The number of guanidine groups is 1. The third-order valence-corrected chi connectivity index (χ3v) is 4.84. The van der Waals surface area contributed by atoms with Crippen molar-refractivity contribution in [1.82, 2.24) is 25.4 Å². The Hall–Kier alpha value is -2.62. The lowest BCUT2D eigenvalue weighted by Gasteiger charge is -2.12. The Morgan fingerprint density at radius 1 is 1.13 bits per heavy atom. The average Bonchev–Trinajstić information content (AvgIpc) is 3.44. The molecular formula is C22H27IN6O. The predicted molar refractivity (Wildman–Crippen MR) is 129 cm³/mol. The molecule has 1 aliphatic heterocycles. The van der Waals surface area contributed by atoms with Gasteiger partial charge in [-0.3, -0.25) is 0 Å². The van der Waals surface area contributed by atoms with E-state index in [0.29, 0.717) is 6.54 Å². The second kappa shape index (κ2) is 11.0. The third kappa shape index (κ3) is 5.71. The molecule has 0 unspecified atom stereocenters. The summed E-state index contributed by atoms with van der Waals surface area (Å²) in [5.74, 6) is 1.86. The maximum atomic E-state index is 5.58. The number of aliphatic imine (C=N–C) groups is 1. The number of benzene rings is 2. The standard InChI is InChI=1S/C22H26N6O.HI/c1-2-24-22(25-11-9-17-5-8-21-19(13-17)10-12-29-21)26-14-18-3-6-20(7-4-18)28-16-23-15-27-28;/h3-8,13,15-16H,2,9-12,14H2,1H3,(H2,24,25,26);1H. The molecule has 4 rings (SSSR count). The average molecular weight is 518 g/mol. The van der Waals surface area contributed by atoms with Crippen molar-refractivity contribution in [2.75, 3.05) is 19.7 Å². The van der Waals surface area contributed by atoms with E-state index in [4.69, 9.17) is 9.73 Å². The van der Waals surface area contributed by atoms with Gasteiger partial charge in [-0.2, -0.15) is 5.10 Å². The fourth-order valence-electron chi connectivity index (χ4n) is 3.33. The second-order valence-corrected chi connectivity index (χ2v) is 6.92. The van der Waals surface area contributed by atoms with Gasteiger partial charge in [0.15, 0.2) is 5.96 Å². The van der Waals surface area contributed by atoms with Crippen molar-refractivity contribution in [3.05, 3.63) is 71.8 Å². The van der Waals surface area contributed by atoms with E-state index in [1.807, 2.05) is 12.1 Å². The predicted octanol–water partition coefficient (Wildman–Crippen LogP) is 3.12. The van der Waals surface area contributed by atoms with Crippen LogP contribution in [-0.2, 0) is 19.4 Å². The lowest BCUT2D eigenvalue weighted by Crippen LogP contribution is -2.38. The number of rotatable bonds is 7. The van der Waals surface area contributed by atoms with Crippen LogP contribution in [0, 0.1) is 0 Å². The highest BCUT2D eigenvalue weighted by Crippen LogP contribution is 2.25. The molecule has 8 heteroatoms. The van der Waals surface area contributed by atoms with Gasteiger partial charge in [-0.1, -0.05) is 24.3 Å². The molecule has 1 aliphatic rings. The Labute approximate surface area is 194 Å². The Kier molecular flexibility index (Phi) is 8.06. The first-order chi connectivity index (χ1) is 14.3. The van der Waals surface area contributed by atoms with Crippen LogP contribution in [0.25, 0.3) is 5.69 Å². The van der Waals surface area contributed by atoms with E-state index in [0.717, 1.165) is 55.5 Å². The summed E-state index contributed by atoms with van der Waals surface area (Å²) in [5, 5.41) is 10.9. The van der Waals surface area contributed by atoms with Gasteiger partial charge < -0.3 is 15.4 Å². The van der Waals surface area contributed by atoms with Crippen LogP contribution in [0.1, 0.15) is 23.6 Å². The quantitative estimate of drug-likeness (QED) is 0.286. The van der Waals surface area contributed by atoms with E-state index in [1.165, 1.54) is 17.5 Å². The molecule has 2 N–H and O–H groups in total. The van der Waals surface area contributed by atoms with E-state index in [-0.39, 0.29) is 24.0 Å². The fraction of sp³-hybridized carbons (Fsp3) is 0.318. The first kappa shape index (κ1) is 22.1. The molecule has 0 spiro atoms. The van der Waals surface area contributed by atoms with Crippen molar-refractivity contribution in [1.29, 1.82) is 0 Å². The van der Waals surface area contributed by atoms with Crippen molar-refractivity contribution in [2.24, 2.45) is 4.99 Å². The Morgan fingerprint density at radius 2 is 1.97 bits per heavy atom. The SMILES string of the molecule is CCNC(=NCc1ccc(-n2cncn2)cc1)NCCc1ccc2c(c1)CCO2.I. The van der Waals surface area contributed by atoms with E-state index in [9.17, 15) is 0 Å². The zero-order valence-corrected chi connectivity index (χ0v) is 19.4. The van der Waals surface area contributed by atoms with Gasteiger partial charge in [0.25, 0.3) is 0 Å². The molecule has 3 aromatic rings. The van der Waals surface area contributed by atoms with Gasteiger partial charge in [-0.25, -0.2) is 14.7 Å². The molecule has 0 saturated heterocycles. The zero-order valence-electron chi connectivity index (χ0n) is 17.0. The molecular weight excluding hydrogens is 491 g/mol. The smallest absolute Gasteiger partial charge is 0.191 e. The van der Waals surface area contributed by atoms with Crippen LogP contribution >= 0.6 is 24.0 Å². The molecule has 0 amide bonds. The van der Waals surface area contributed by atoms with Crippen LogP contribution in [0.15, 0.2) is 60.1 Å². The Balaban J connectivity index is 0.00000256. The van der Waals surface area contributed by atoms with Crippen molar-refractivity contribution in [3.8, 4) is 11.4 Å². The minimum atomic E-state index is 0. The maximum absolute atomic E-state index is 5.58. The summed E-state index contributed by atoms with van der Waals surface area (Å²) in [5.41, 5.74) is 4.77. The molecule has 1 aromatic heterocycles. The van der Waals surface area contributed by atoms with Gasteiger partial charge in [-0.15, -0.1) is 24.0 Å². The monoisotopic (exact) mass is 518 g/mol. The molecule has 158 valence electrons. The molecule has 0 radical (unpaired) electrons. The van der Waals surface area contributed by atoms with Gasteiger partial charge in [0.1, 0.15) is 18.4 Å². The van der Waals surface area contributed by atoms with E-state index >= 15 is 0 Å². The topological polar surface area (TPSA) is 76.4 Å². The van der Waals surface area contributed by atoms with Crippen LogP contribution in [0.2, 0.25) is 0 Å². The number of fused-ring (bicyclic) bond motifs is 1. The van der Waals surface area contributed by atoms with Gasteiger partial charge in [0.2, 0.25) is 0 Å². The first-order valence-corrected chi connectivity index (χ1v) is 10.0. The number of hydrogen-bond acceptors (Lipinski definition) is 4. The Bertz CT molecular complexity index is 956. The van der Waals surface area contributed by atoms with Gasteiger partial charge >= 0.3 is 0 Å². The summed E-state index contributed by atoms with van der Waals surface area (Å²) >= 11 is 0. The van der Waals surface area contributed by atoms with Crippen molar-refractivity contribution in [3.63, 3.8) is 0 Å². The number of aromatic nitrogens is 3. The number of nitrogens with one attached hydrogen (secondary N) is 2. The molecule has 2 aromatic carbocycles. The summed E-state index contributed by atoms with van der Waals surface area (Å²) in [6.45, 7) is 5.14. The van der Waals surface area contributed by atoms with E-state index in [2.05, 4.69) is 58.0 Å². The molecule has 0 aliphatic carbocycles. The van der Waals surface area contributed by atoms with Crippen molar-refractivity contribution < 1.29 is 4.74 Å². The van der Waals surface area contributed by atoms with Crippen LogP contribution in [0.4, 0.5) is 0 Å². The van der Waals surface area contributed by atoms with Crippen molar-refractivity contribution in [2.45, 2.75) is 26.3 Å². The molecule has 2 heterocycles. The zero-order chi connectivity index (χ0) is 19.9. The number of ether oxygens (including phenoxy) is 1. The minimum absolute atomic E-state index is 0. The molecule has 30 heavy (non-hydrogen) atoms. The van der Waals surface area contributed by atoms with Gasteiger partial charge in [0, 0.05) is 19.5 Å². The highest BCUT2D eigenvalue weighted by molar-refractivity contribution is 14.0. The lowest BCUT2D eigenvalue weighted by atomic mass is 10.1. The van der Waals surface area contributed by atoms with Crippen LogP contribution in [0.3, 0.4) is 0 Å². The normalized spacial score (nSPS) is 12.6. The van der Waals surface area contributed by atoms with Gasteiger partial charge in [-0.05, 0) is 48.2 Å². The fourth-order valence-corrected chi connectivity index (χ4v) is 3.33. The summed E-state index contributed by atoms with van der Waals surface area (Å²) in [7, 11) is 0. The lowest BCUT2D eigenvalue weighted by molar-refractivity contribution is 0.357. The van der Waals surface area contributed by atoms with Crippen LogP contribution in [-0.4, -0.2) is 40.4 Å². The number of nitrogens with zero attached hydrogens (tertiary/aromatic N) is 4. The minimum Gasteiger partial charge on any atom is -0.493 e. The summed E-state index contributed by atoms with van der Waals surface area (Å²) in [6.07, 6.45) is 5.18. The highest BCUT2D eigenvalue weighted by Gasteiger charge is 2.11. The van der Waals surface area contributed by atoms with Gasteiger partial charge in [0.05, 0.1) is 18.8 Å². The molecule has 0 fully saturated rings. The molecule has 0 bridgehead atoms. The van der Waals surface area contributed by atoms with Crippen molar-refractivity contribution >= 4 is 29.9 Å². The largest absolute Gasteiger partial charge is 0.493 e. The summed E-state index contributed by atoms with van der Waals surface area (Å²) < 4.78 is 7.32. The highest BCUT2D eigenvalue weighted by atomic mass is 127. The summed E-state index contributed by atoms with van der Waals surface area (Å²) in [4.78, 5) is 8.68. The van der Waals surface area contributed by atoms with Crippen LogP contribution in [0.5, 0.6) is 5.75 Å². The molecule has 0 saturated carbocycles. The Morgan fingerprint density at radius 3 is 2.73 bits per heavy atom. The van der Waals surface area contributed by atoms with Crippen LogP contribution < -0.4 is 15.4 Å². The number of halogens is 1. The van der Waals surface area contributed by atoms with E-state index < -0.39 is 0 Å². The first-order valence-electron chi connectivity index (χ1n) is 10.0. The molecule has 0 atom stereocenters. The number of hydrogen-bond donors (Lipinski definition) is 2. The summed E-state index contributed by atoms with van der Waals surface area (Å²) in [6, 6.07) is 14.7. The second-order valence-electron chi connectivity index (χ2n) is 6.92.